The van der Waals surface area contributed by atoms with E-state index in [4.69, 9.17) is 4.42 Å². The number of hydrogen-bond acceptors (Lipinski definition) is 3. The summed E-state index contributed by atoms with van der Waals surface area (Å²) in [7, 11) is 0. The zero-order valence-corrected chi connectivity index (χ0v) is 12.2. The molecule has 0 bridgehead atoms. The van der Waals surface area contributed by atoms with E-state index in [9.17, 15) is 9.59 Å². The van der Waals surface area contributed by atoms with E-state index in [-0.39, 0.29) is 17.3 Å². The highest BCUT2D eigenvalue weighted by Gasteiger charge is 2.27. The van der Waals surface area contributed by atoms with Gasteiger partial charge in [-0.1, -0.05) is 36.4 Å². The van der Waals surface area contributed by atoms with Crippen molar-refractivity contribution in [2.45, 2.75) is 20.3 Å². The number of carbonyl (C=O) groups excluding carboxylic acids is 2. The van der Waals surface area contributed by atoms with E-state index in [0.717, 1.165) is 11.1 Å². The topological polar surface area (TPSA) is 47.3 Å². The van der Waals surface area contributed by atoms with Crippen LogP contribution in [0.3, 0.4) is 0 Å². The molecule has 0 amide bonds. The van der Waals surface area contributed by atoms with Crippen LogP contribution in [0.5, 0.6) is 0 Å². The molecule has 0 saturated heterocycles. The molecule has 1 aromatic heterocycles. The third-order valence-electron chi connectivity index (χ3n) is 3.49. The zero-order chi connectivity index (χ0) is 15.2. The summed E-state index contributed by atoms with van der Waals surface area (Å²) in [6.45, 7) is 3.36. The first-order valence-electron chi connectivity index (χ1n) is 6.92. The van der Waals surface area contributed by atoms with Gasteiger partial charge in [-0.25, -0.2) is 0 Å². The van der Waals surface area contributed by atoms with Gasteiger partial charge in [0.2, 0.25) is 5.78 Å². The predicted octanol–water partition coefficient (Wildman–Crippen LogP) is 4.16. The minimum atomic E-state index is -0.706. The lowest BCUT2D eigenvalue weighted by atomic mass is 9.88. The average molecular weight is 282 g/mol. The van der Waals surface area contributed by atoms with Gasteiger partial charge >= 0.3 is 0 Å². The molecular weight excluding hydrogens is 264 g/mol. The molecule has 0 saturated carbocycles. The van der Waals surface area contributed by atoms with Crippen LogP contribution >= 0.6 is 0 Å². The molecule has 3 nitrogen and oxygen atoms in total. The molecule has 0 aliphatic heterocycles. The van der Waals surface area contributed by atoms with E-state index in [1.54, 1.807) is 12.1 Å². The molecule has 0 radical (unpaired) electrons. The third kappa shape index (κ3) is 3.57. The lowest BCUT2D eigenvalue weighted by Gasteiger charge is -2.14. The number of carbonyl (C=O) groups is 2. The van der Waals surface area contributed by atoms with Gasteiger partial charge in [0.1, 0.15) is 5.78 Å². The Morgan fingerprint density at radius 2 is 1.86 bits per heavy atom. The molecule has 1 atom stereocenters. The summed E-state index contributed by atoms with van der Waals surface area (Å²) >= 11 is 0. The van der Waals surface area contributed by atoms with E-state index in [1.807, 2.05) is 43.3 Å². The second-order valence-electron chi connectivity index (χ2n) is 4.89. The van der Waals surface area contributed by atoms with Crippen molar-refractivity contribution >= 4 is 17.1 Å². The Balaban J connectivity index is 2.24. The zero-order valence-electron chi connectivity index (χ0n) is 12.2. The Morgan fingerprint density at radius 3 is 2.38 bits per heavy atom. The Labute approximate surface area is 124 Å². The summed E-state index contributed by atoms with van der Waals surface area (Å²) in [5.74, 6) is -0.879. The fraction of sp³-hybridized carbons (Fsp3) is 0.222. The lowest BCUT2D eigenvalue weighted by molar-refractivity contribution is -0.119. The number of Topliss-reactive ketones (excluding diaryl/α,β-unsaturated/α-hetero) is 2. The summed E-state index contributed by atoms with van der Waals surface area (Å²) in [6, 6.07) is 13.0. The molecule has 0 spiro atoms. The monoisotopic (exact) mass is 282 g/mol. The molecule has 1 heterocycles. The van der Waals surface area contributed by atoms with Gasteiger partial charge in [-0.05, 0) is 43.5 Å². The van der Waals surface area contributed by atoms with Crippen LogP contribution < -0.4 is 0 Å². The van der Waals surface area contributed by atoms with Crippen LogP contribution in [-0.2, 0) is 4.79 Å². The van der Waals surface area contributed by atoms with Gasteiger partial charge in [-0.2, -0.15) is 0 Å². The Morgan fingerprint density at radius 1 is 1.14 bits per heavy atom. The number of benzene rings is 1. The van der Waals surface area contributed by atoms with E-state index in [2.05, 4.69) is 0 Å². The molecule has 0 aliphatic rings. The van der Waals surface area contributed by atoms with Crippen molar-refractivity contribution in [3.63, 3.8) is 0 Å². The first-order chi connectivity index (χ1) is 10.1. The van der Waals surface area contributed by atoms with E-state index < -0.39 is 5.92 Å². The second-order valence-corrected chi connectivity index (χ2v) is 4.89. The first kappa shape index (κ1) is 15.0. The minimum absolute atomic E-state index is 0.147. The molecular formula is C18H18O3. The number of rotatable bonds is 6. The molecule has 0 fully saturated rings. The van der Waals surface area contributed by atoms with Gasteiger partial charge in [-0.15, -0.1) is 0 Å². The van der Waals surface area contributed by atoms with Crippen LogP contribution in [0, 0.1) is 5.92 Å². The number of ketones is 2. The normalized spacial score (nSPS) is 13.0. The third-order valence-corrected chi connectivity index (χ3v) is 3.49. The van der Waals surface area contributed by atoms with Crippen molar-refractivity contribution in [3.05, 3.63) is 66.1 Å². The number of furan rings is 1. The molecule has 2 aromatic rings. The fourth-order valence-corrected chi connectivity index (χ4v) is 2.29. The van der Waals surface area contributed by atoms with Crippen molar-refractivity contribution in [3.8, 4) is 0 Å². The number of allylic oxidation sites excluding steroid dienone is 2. The standard InChI is InChI=1S/C18H18O3/c1-3-14(15-8-5-4-6-9-15)12-16(13(2)19)18(20)17-10-7-11-21-17/h3-11,16H,12H2,1-2H3/b14-3-. The summed E-state index contributed by atoms with van der Waals surface area (Å²) < 4.78 is 5.13. The van der Waals surface area contributed by atoms with Crippen LogP contribution in [-0.4, -0.2) is 11.6 Å². The Kier molecular flexibility index (Phi) is 4.88. The summed E-state index contributed by atoms with van der Waals surface area (Å²) in [4.78, 5) is 24.3. The SMILES string of the molecule is C/C=C(/CC(C(C)=O)C(=O)c1ccco1)c1ccccc1. The van der Waals surface area contributed by atoms with Crippen molar-refractivity contribution in [1.29, 1.82) is 0 Å². The smallest absolute Gasteiger partial charge is 0.208 e. The van der Waals surface area contributed by atoms with Gasteiger partial charge in [-0.3, -0.25) is 9.59 Å². The Bertz CT molecular complexity index is 636. The van der Waals surface area contributed by atoms with Crippen LogP contribution in [0.25, 0.3) is 5.57 Å². The van der Waals surface area contributed by atoms with Crippen LogP contribution in [0.1, 0.15) is 36.4 Å². The molecule has 1 unspecified atom stereocenters. The van der Waals surface area contributed by atoms with Crippen LogP contribution in [0.2, 0.25) is 0 Å². The molecule has 0 N–H and O–H groups in total. The largest absolute Gasteiger partial charge is 0.461 e. The van der Waals surface area contributed by atoms with Gasteiger partial charge in [0.05, 0.1) is 12.2 Å². The highest BCUT2D eigenvalue weighted by Crippen LogP contribution is 2.25. The van der Waals surface area contributed by atoms with Crippen molar-refractivity contribution in [2.24, 2.45) is 5.92 Å². The van der Waals surface area contributed by atoms with E-state index in [0.29, 0.717) is 6.42 Å². The molecule has 1 aromatic carbocycles. The molecule has 3 heteroatoms. The second kappa shape index (κ2) is 6.84. The lowest BCUT2D eigenvalue weighted by Crippen LogP contribution is -2.22. The van der Waals surface area contributed by atoms with Gasteiger partial charge in [0, 0.05) is 0 Å². The maximum absolute atomic E-state index is 12.4. The Hall–Kier alpha value is -2.42. The van der Waals surface area contributed by atoms with Crippen molar-refractivity contribution < 1.29 is 14.0 Å². The molecule has 108 valence electrons. The van der Waals surface area contributed by atoms with Gasteiger partial charge < -0.3 is 4.42 Å². The first-order valence-corrected chi connectivity index (χ1v) is 6.92. The highest BCUT2D eigenvalue weighted by molar-refractivity contribution is 6.09. The molecule has 2 rings (SSSR count). The van der Waals surface area contributed by atoms with Gasteiger partial charge in [0.15, 0.2) is 5.76 Å². The van der Waals surface area contributed by atoms with E-state index in [1.165, 1.54) is 13.2 Å². The number of hydrogen-bond donors (Lipinski definition) is 0. The maximum atomic E-state index is 12.4. The van der Waals surface area contributed by atoms with Crippen LogP contribution in [0.4, 0.5) is 0 Å². The molecule has 0 aliphatic carbocycles. The van der Waals surface area contributed by atoms with Gasteiger partial charge in [0.25, 0.3) is 0 Å². The summed E-state index contributed by atoms with van der Waals surface area (Å²) in [5.41, 5.74) is 2.01. The highest BCUT2D eigenvalue weighted by atomic mass is 16.3. The quantitative estimate of drug-likeness (QED) is 0.590. The summed E-state index contributed by atoms with van der Waals surface area (Å²) in [6.07, 6.45) is 3.77. The molecule has 21 heavy (non-hydrogen) atoms. The predicted molar refractivity (Wildman–Crippen MR) is 81.9 cm³/mol. The van der Waals surface area contributed by atoms with Crippen molar-refractivity contribution in [2.75, 3.05) is 0 Å². The fourth-order valence-electron chi connectivity index (χ4n) is 2.29. The van der Waals surface area contributed by atoms with Crippen molar-refractivity contribution in [1.82, 2.24) is 0 Å². The minimum Gasteiger partial charge on any atom is -0.461 e. The maximum Gasteiger partial charge on any atom is 0.208 e. The summed E-state index contributed by atoms with van der Waals surface area (Å²) in [5, 5.41) is 0. The van der Waals surface area contributed by atoms with Crippen LogP contribution in [0.15, 0.2) is 59.2 Å². The average Bonchev–Trinajstić information content (AvgIpc) is 3.02. The van der Waals surface area contributed by atoms with E-state index >= 15 is 0 Å².